The number of aromatic nitrogens is 4. The van der Waals surface area contributed by atoms with Crippen LogP contribution in [0.5, 0.6) is 0 Å². The quantitative estimate of drug-likeness (QED) is 0.0490. The molecule has 4 fully saturated rings. The molecular weight excluding hydrogens is 1480 g/mol. The summed E-state index contributed by atoms with van der Waals surface area (Å²) >= 11 is 8.71. The molecule has 0 bridgehead atoms. The summed E-state index contributed by atoms with van der Waals surface area (Å²) in [5.74, 6) is 0.667. The zero-order chi connectivity index (χ0) is 79.4. The molecule has 4 saturated heterocycles. The van der Waals surface area contributed by atoms with E-state index >= 15 is 0 Å². The van der Waals surface area contributed by atoms with Crippen molar-refractivity contribution < 1.29 is 38.6 Å². The van der Waals surface area contributed by atoms with Gasteiger partial charge in [0, 0.05) is 146 Å². The maximum absolute atomic E-state index is 14.1. The first-order valence-electron chi connectivity index (χ1n) is 38.3. The largest absolute Gasteiger partial charge is 0.477 e. The number of thiophene rings is 2. The Bertz CT molecular complexity index is 5410. The minimum atomic E-state index is -0.945. The van der Waals surface area contributed by atoms with Crippen LogP contribution in [0, 0.1) is 31.6 Å². The highest BCUT2D eigenvalue weighted by atomic mass is 35.5. The van der Waals surface area contributed by atoms with E-state index in [2.05, 4.69) is 72.6 Å². The number of pyridine rings is 2. The van der Waals surface area contributed by atoms with Crippen molar-refractivity contribution in [2.24, 2.45) is 10.8 Å². The molecule has 0 saturated carbocycles. The van der Waals surface area contributed by atoms with Crippen LogP contribution in [-0.2, 0) is 28.7 Å². The number of nitrogens with one attached hydrogen (secondary N) is 3. The predicted octanol–water partition coefficient (Wildman–Crippen LogP) is 17.4. The Morgan fingerprint density at radius 1 is 0.611 bits per heavy atom. The number of fused-ring (bicyclic) bond motifs is 7. The number of allylic oxidation sites excluding steroid dienone is 1. The lowest BCUT2D eigenvalue weighted by atomic mass is 9.73. The van der Waals surface area contributed by atoms with Gasteiger partial charge in [0.15, 0.2) is 0 Å². The van der Waals surface area contributed by atoms with Crippen molar-refractivity contribution in [3.63, 3.8) is 0 Å². The smallest absolute Gasteiger partial charge is 0.345 e. The molecule has 0 radical (unpaired) electrons. The number of para-hydroxylation sites is 4. The average Bonchev–Trinajstić information content (AvgIpc) is 1.04. The lowest BCUT2D eigenvalue weighted by Crippen LogP contribution is -2.59. The minimum absolute atomic E-state index is 0.0740. The van der Waals surface area contributed by atoms with E-state index in [1.54, 1.807) is 83.1 Å². The maximum Gasteiger partial charge on any atom is 0.345 e. The number of amides is 4. The molecule has 582 valence electrons. The molecule has 21 nitrogen and oxygen atoms in total. The normalized spacial score (nSPS) is 15.4. The van der Waals surface area contributed by atoms with E-state index in [-0.39, 0.29) is 34.5 Å². The number of aromatic amines is 1. The summed E-state index contributed by atoms with van der Waals surface area (Å²) < 4.78 is 11.1. The second-order valence-corrected chi connectivity index (χ2v) is 32.9. The number of hydrogen-bond donors (Lipinski definition) is 6. The Balaban J connectivity index is 0.000000156. The van der Waals surface area contributed by atoms with E-state index in [9.17, 15) is 29.1 Å². The van der Waals surface area contributed by atoms with Gasteiger partial charge in [0.05, 0.1) is 49.8 Å². The molecule has 2 spiro atoms. The second-order valence-electron chi connectivity index (χ2n) is 30.5. The summed E-state index contributed by atoms with van der Waals surface area (Å²) in [5.41, 5.74) is 29.3. The van der Waals surface area contributed by atoms with Gasteiger partial charge in [-0.05, 0) is 216 Å². The molecule has 11 aromatic rings. The van der Waals surface area contributed by atoms with Crippen molar-refractivity contribution in [3.05, 3.63) is 241 Å². The first kappa shape index (κ1) is 78.5. The molecule has 0 aliphatic carbocycles. The number of carboxylic acids is 1. The highest BCUT2D eigenvalue weighted by molar-refractivity contribution is 7.19. The van der Waals surface area contributed by atoms with Gasteiger partial charge < -0.3 is 66.2 Å². The van der Waals surface area contributed by atoms with Gasteiger partial charge in [-0.2, -0.15) is 0 Å². The summed E-state index contributed by atoms with van der Waals surface area (Å²) in [6.07, 6.45) is 9.99. The van der Waals surface area contributed by atoms with Crippen molar-refractivity contribution in [2.75, 3.05) is 121 Å². The molecule has 6 aliphatic rings. The van der Waals surface area contributed by atoms with Gasteiger partial charge in [-0.1, -0.05) is 79.2 Å². The van der Waals surface area contributed by atoms with Crippen LogP contribution in [0.3, 0.4) is 0 Å². The standard InChI is InChI=1S/C42H40N6O3S.C34H32N4O5S.C7H10N2.C6H12ClN/c1-3-27-7-6-9-33-36(27)46-38(45-33)35-22-29-15-18-48(34-10-5-4-8-31(34)37(29)52-35)41(50)28-11-13-30(14-12-28)44-40(49)32-21-26(2)23-43-39(32)47-24-42(25-47)16-19-51-20-17-42;1-21-16-26(30(35-18-21)37-19-34(20-37)11-14-43-15-12-34)31(39)36-24-8-6-22(7-9-24)32(40)38-13-10-23-17-28(33(41)42)44-29(23)25-4-2-3-5-27(25)38;1-5-3-2-4-6(8)7(5)9;1-5(2)6(7)8(3)4/h4-14,21-23H,3,15-20,24-25H2,1-2H3,(H,44,49)(H,45,46);2-9,16-18H,10-15,19-20H2,1H3,(H,36,39)(H,41,42);2-4H,8-9H2,1H3;1-4H3. The molecular formula is C89H94ClN13O8S2. The van der Waals surface area contributed by atoms with Gasteiger partial charge in [-0.25, -0.2) is 19.7 Å². The minimum Gasteiger partial charge on any atom is -0.477 e. The van der Waals surface area contributed by atoms with Gasteiger partial charge in [0.1, 0.15) is 27.5 Å². The number of nitrogens with two attached hydrogens (primary N) is 2. The zero-order valence-electron chi connectivity index (χ0n) is 64.9. The van der Waals surface area contributed by atoms with Crippen LogP contribution < -0.4 is 41.7 Å². The van der Waals surface area contributed by atoms with E-state index in [4.69, 9.17) is 37.5 Å². The number of H-pyrrole nitrogens is 1. The summed E-state index contributed by atoms with van der Waals surface area (Å²) in [6, 6.07) is 49.5. The van der Waals surface area contributed by atoms with Crippen molar-refractivity contribution in [3.8, 4) is 31.6 Å². The molecule has 11 heterocycles. The number of nitrogens with zero attached hydrogens (tertiary/aromatic N) is 8. The number of nitrogen functional groups attached to an aromatic ring is 2. The van der Waals surface area contributed by atoms with Gasteiger partial charge in [0.25, 0.3) is 23.6 Å². The lowest BCUT2D eigenvalue weighted by Gasteiger charge is -2.53. The van der Waals surface area contributed by atoms with Crippen LogP contribution in [0.1, 0.15) is 131 Å². The number of ether oxygens (including phenoxy) is 2. The van der Waals surface area contributed by atoms with Crippen LogP contribution in [0.2, 0.25) is 0 Å². The molecule has 5 aromatic heterocycles. The highest BCUT2D eigenvalue weighted by Crippen LogP contribution is 2.48. The van der Waals surface area contributed by atoms with Gasteiger partial charge in [-0.3, -0.25) is 19.2 Å². The van der Waals surface area contributed by atoms with Crippen molar-refractivity contribution in [1.29, 1.82) is 0 Å². The number of aryl methyl sites for hydroxylation is 4. The maximum atomic E-state index is 14.1. The first-order chi connectivity index (χ1) is 54.4. The van der Waals surface area contributed by atoms with Crippen LogP contribution in [0.25, 0.3) is 42.6 Å². The number of carboxylic acid groups (broad SMARTS) is 1. The first-order valence-corrected chi connectivity index (χ1v) is 40.3. The molecule has 17 rings (SSSR count). The number of rotatable bonds is 12. The molecule has 4 amide bonds. The molecule has 6 aliphatic heterocycles. The Hall–Kier alpha value is -11.2. The number of imidazole rings is 1. The van der Waals surface area contributed by atoms with Crippen molar-refractivity contribution >= 4 is 121 Å². The van der Waals surface area contributed by atoms with Crippen LogP contribution in [-0.4, -0.2) is 139 Å². The van der Waals surface area contributed by atoms with Gasteiger partial charge >= 0.3 is 5.97 Å². The molecule has 8 N–H and O–H groups in total. The molecule has 6 aromatic carbocycles. The molecule has 0 unspecified atom stereocenters. The van der Waals surface area contributed by atoms with Gasteiger partial charge in [-0.15, -0.1) is 22.7 Å². The molecule has 0 atom stereocenters. The Labute approximate surface area is 671 Å². The topological polar surface area (TPSA) is 271 Å². The van der Waals surface area contributed by atoms with E-state index in [1.807, 2.05) is 131 Å². The Morgan fingerprint density at radius 2 is 1.09 bits per heavy atom. The van der Waals surface area contributed by atoms with E-state index in [0.29, 0.717) is 75.2 Å². The van der Waals surface area contributed by atoms with E-state index in [1.165, 1.54) is 27.3 Å². The number of aromatic carboxylic acids is 1. The number of carbonyl (C=O) groups is 5. The number of anilines is 8. The van der Waals surface area contributed by atoms with Crippen molar-refractivity contribution in [2.45, 2.75) is 86.5 Å². The third-order valence-corrected chi connectivity index (χ3v) is 25.0. The SMILES string of the molecule is CC(C)=C(Cl)N(C)C.CCc1cccc2nc(-c3cc4c(s3)-c3ccccc3N(C(=O)c3ccc(NC(=O)c5cc(C)cnc5N5CC6(CCOCC6)C5)cc3)CC4)[nH]c12.Cc1cccc(N)c1N.Cc1cnc(N2CC3(CCOCC3)C2)c(C(=O)Nc2ccc(C(=O)N3CCc4cc(C(=O)O)sc4-c4ccccc43)cc2)c1. The third-order valence-electron chi connectivity index (χ3n) is 21.9. The van der Waals surface area contributed by atoms with Crippen LogP contribution in [0.15, 0.2) is 181 Å². The Morgan fingerprint density at radius 3 is 1.54 bits per heavy atom. The number of halogens is 1. The van der Waals surface area contributed by atoms with Crippen LogP contribution in [0.4, 0.5) is 45.8 Å². The zero-order valence-corrected chi connectivity index (χ0v) is 67.3. The van der Waals surface area contributed by atoms with Crippen LogP contribution >= 0.6 is 34.3 Å². The summed E-state index contributed by atoms with van der Waals surface area (Å²) in [5, 5.41) is 16.4. The monoisotopic (exact) mass is 1570 g/mol. The Kier molecular flexibility index (Phi) is 23.3. The lowest BCUT2D eigenvalue weighted by molar-refractivity contribution is -0.000651. The van der Waals surface area contributed by atoms with Crippen molar-refractivity contribution in [1.82, 2.24) is 24.8 Å². The summed E-state index contributed by atoms with van der Waals surface area (Å²) in [7, 11) is 3.85. The molecule has 24 heteroatoms. The number of carbonyl (C=O) groups excluding carboxylic acids is 4. The number of hydrogen-bond acceptors (Lipinski definition) is 17. The predicted molar refractivity (Wildman–Crippen MR) is 456 cm³/mol. The van der Waals surface area contributed by atoms with Gasteiger partial charge in [0.2, 0.25) is 0 Å². The third kappa shape index (κ3) is 17.0. The fourth-order valence-electron chi connectivity index (χ4n) is 15.6. The number of benzene rings is 6. The fraction of sp³-hybridized carbons (Fsp3) is 0.303. The summed E-state index contributed by atoms with van der Waals surface area (Å²) in [6.45, 7) is 19.6. The average molecular weight is 1570 g/mol. The highest BCUT2D eigenvalue weighted by Gasteiger charge is 2.47. The molecule has 113 heavy (non-hydrogen) atoms. The van der Waals surface area contributed by atoms with E-state index in [0.717, 1.165) is 179 Å². The summed E-state index contributed by atoms with van der Waals surface area (Å²) in [4.78, 5) is 97.8. The second kappa shape index (κ2) is 33.6. The van der Waals surface area contributed by atoms with E-state index < -0.39 is 5.97 Å². The fourth-order valence-corrected chi connectivity index (χ4v) is 17.9.